The molecular formula is C11H10N2O2. The molecule has 0 aliphatic rings. The lowest BCUT2D eigenvalue weighted by molar-refractivity contribution is -0.117. The molecule has 0 spiro atoms. The van der Waals surface area contributed by atoms with Crippen LogP contribution in [0.25, 0.3) is 10.9 Å². The molecule has 0 radical (unpaired) electrons. The summed E-state index contributed by atoms with van der Waals surface area (Å²) in [6.07, 6.45) is -0.0276. The molecule has 4 heteroatoms. The van der Waals surface area contributed by atoms with Crippen molar-refractivity contribution in [3.63, 3.8) is 0 Å². The van der Waals surface area contributed by atoms with Crippen molar-refractivity contribution in [2.45, 2.75) is 6.42 Å². The van der Waals surface area contributed by atoms with Gasteiger partial charge in [0.15, 0.2) is 0 Å². The molecule has 0 unspecified atom stereocenters. The van der Waals surface area contributed by atoms with Crippen molar-refractivity contribution in [1.29, 1.82) is 0 Å². The lowest BCUT2D eigenvalue weighted by Crippen LogP contribution is -2.20. The molecule has 0 aliphatic carbocycles. The monoisotopic (exact) mass is 202 g/mol. The topological polar surface area (TPSA) is 76.0 Å². The molecule has 1 aromatic carbocycles. The summed E-state index contributed by atoms with van der Waals surface area (Å²) >= 11 is 0. The average molecular weight is 202 g/mol. The van der Waals surface area contributed by atoms with Crippen molar-refractivity contribution in [1.82, 2.24) is 4.98 Å². The normalized spacial score (nSPS) is 10.4. The number of nitrogens with one attached hydrogen (secondary N) is 1. The summed E-state index contributed by atoms with van der Waals surface area (Å²) < 4.78 is 0. The van der Waals surface area contributed by atoms with E-state index in [-0.39, 0.29) is 12.0 Å². The summed E-state index contributed by atoms with van der Waals surface area (Å²) in [6.45, 7) is 0. The van der Waals surface area contributed by atoms with Crippen LogP contribution in [-0.4, -0.2) is 10.9 Å². The van der Waals surface area contributed by atoms with Gasteiger partial charge in [0.05, 0.1) is 6.42 Å². The molecule has 76 valence electrons. The zero-order valence-electron chi connectivity index (χ0n) is 7.99. The van der Waals surface area contributed by atoms with E-state index in [0.29, 0.717) is 5.56 Å². The first-order chi connectivity index (χ1) is 7.16. The minimum Gasteiger partial charge on any atom is -0.369 e. The van der Waals surface area contributed by atoms with E-state index in [1.807, 2.05) is 24.3 Å². The highest BCUT2D eigenvalue weighted by atomic mass is 16.1. The van der Waals surface area contributed by atoms with Gasteiger partial charge in [0, 0.05) is 11.1 Å². The van der Waals surface area contributed by atoms with Crippen molar-refractivity contribution >= 4 is 16.8 Å². The van der Waals surface area contributed by atoms with Crippen LogP contribution in [0.15, 0.2) is 35.1 Å². The molecule has 0 fully saturated rings. The number of rotatable bonds is 2. The Morgan fingerprint density at radius 1 is 1.33 bits per heavy atom. The Balaban J connectivity index is 2.62. The Bertz CT molecular complexity index is 572. The summed E-state index contributed by atoms with van der Waals surface area (Å²) in [5.74, 6) is -0.504. The van der Waals surface area contributed by atoms with Crippen molar-refractivity contribution in [3.8, 4) is 0 Å². The fourth-order valence-electron chi connectivity index (χ4n) is 1.51. The van der Waals surface area contributed by atoms with Crippen molar-refractivity contribution in [2.75, 3.05) is 0 Å². The van der Waals surface area contributed by atoms with Crippen LogP contribution < -0.4 is 11.3 Å². The van der Waals surface area contributed by atoms with Crippen LogP contribution in [0.1, 0.15) is 5.56 Å². The van der Waals surface area contributed by atoms with E-state index < -0.39 is 5.91 Å². The van der Waals surface area contributed by atoms with Crippen molar-refractivity contribution < 1.29 is 4.79 Å². The number of nitrogens with two attached hydrogens (primary N) is 1. The van der Waals surface area contributed by atoms with Gasteiger partial charge >= 0.3 is 0 Å². The van der Waals surface area contributed by atoms with Gasteiger partial charge in [-0.1, -0.05) is 18.2 Å². The molecule has 1 heterocycles. The van der Waals surface area contributed by atoms with E-state index >= 15 is 0 Å². The molecule has 0 aliphatic heterocycles. The molecule has 0 atom stereocenters. The van der Waals surface area contributed by atoms with Gasteiger partial charge in [-0.25, -0.2) is 0 Å². The third kappa shape index (κ3) is 1.88. The number of aromatic nitrogens is 1. The predicted molar refractivity (Wildman–Crippen MR) is 57.5 cm³/mol. The van der Waals surface area contributed by atoms with Gasteiger partial charge in [-0.2, -0.15) is 0 Å². The van der Waals surface area contributed by atoms with Crippen LogP contribution in [0.4, 0.5) is 0 Å². The Morgan fingerprint density at radius 3 is 2.80 bits per heavy atom. The molecule has 2 rings (SSSR count). The number of primary amides is 1. The van der Waals surface area contributed by atoms with Gasteiger partial charge in [-0.05, 0) is 17.5 Å². The lowest BCUT2D eigenvalue weighted by Gasteiger charge is -2.00. The number of hydrogen-bond donors (Lipinski definition) is 2. The number of pyridine rings is 1. The SMILES string of the molecule is NC(=O)Cc1cc2ccccc2[nH]c1=O. The zero-order valence-corrected chi connectivity index (χ0v) is 7.99. The van der Waals surface area contributed by atoms with Gasteiger partial charge in [0.25, 0.3) is 5.56 Å². The second kappa shape index (κ2) is 3.57. The highest BCUT2D eigenvalue weighted by molar-refractivity contribution is 5.81. The number of carbonyl (C=O) groups is 1. The molecule has 1 amide bonds. The van der Waals surface area contributed by atoms with E-state index in [4.69, 9.17) is 5.73 Å². The maximum atomic E-state index is 11.5. The molecule has 1 aromatic heterocycles. The number of carbonyl (C=O) groups excluding carboxylic acids is 1. The van der Waals surface area contributed by atoms with Gasteiger partial charge in [0.2, 0.25) is 5.91 Å². The third-order valence-electron chi connectivity index (χ3n) is 2.20. The Morgan fingerprint density at radius 2 is 2.07 bits per heavy atom. The van der Waals surface area contributed by atoms with Crippen LogP contribution in [0, 0.1) is 0 Å². The van der Waals surface area contributed by atoms with Crippen LogP contribution >= 0.6 is 0 Å². The van der Waals surface area contributed by atoms with Crippen molar-refractivity contribution in [3.05, 3.63) is 46.2 Å². The summed E-state index contributed by atoms with van der Waals surface area (Å²) in [7, 11) is 0. The number of fused-ring (bicyclic) bond motifs is 1. The molecular weight excluding hydrogens is 192 g/mol. The number of amides is 1. The van der Waals surface area contributed by atoms with Gasteiger partial charge < -0.3 is 10.7 Å². The van der Waals surface area contributed by atoms with Gasteiger partial charge in [0.1, 0.15) is 0 Å². The largest absolute Gasteiger partial charge is 0.369 e. The highest BCUT2D eigenvalue weighted by Crippen LogP contribution is 2.09. The molecule has 2 aromatic rings. The number of hydrogen-bond acceptors (Lipinski definition) is 2. The summed E-state index contributed by atoms with van der Waals surface area (Å²) in [5.41, 5.74) is 5.95. The van der Waals surface area contributed by atoms with Crippen LogP contribution in [-0.2, 0) is 11.2 Å². The first-order valence-corrected chi connectivity index (χ1v) is 4.56. The molecule has 0 bridgehead atoms. The number of H-pyrrole nitrogens is 1. The average Bonchev–Trinajstić information content (AvgIpc) is 2.18. The van der Waals surface area contributed by atoms with E-state index in [2.05, 4.69) is 4.98 Å². The minimum atomic E-state index is -0.504. The summed E-state index contributed by atoms with van der Waals surface area (Å²) in [5, 5.41) is 0.897. The molecule has 0 saturated heterocycles. The van der Waals surface area contributed by atoms with Crippen LogP contribution in [0.5, 0.6) is 0 Å². The maximum absolute atomic E-state index is 11.5. The van der Waals surface area contributed by atoms with Crippen LogP contribution in [0.2, 0.25) is 0 Å². The quantitative estimate of drug-likeness (QED) is 0.746. The maximum Gasteiger partial charge on any atom is 0.252 e. The van der Waals surface area contributed by atoms with E-state index in [1.54, 1.807) is 6.07 Å². The Hall–Kier alpha value is -2.10. The molecule has 3 N–H and O–H groups in total. The molecule has 15 heavy (non-hydrogen) atoms. The first kappa shape index (κ1) is 9.45. The second-order valence-corrected chi connectivity index (χ2v) is 3.35. The fraction of sp³-hybridized carbons (Fsp3) is 0.0909. The van der Waals surface area contributed by atoms with Gasteiger partial charge in [-0.3, -0.25) is 9.59 Å². The number of para-hydroxylation sites is 1. The van der Waals surface area contributed by atoms with Crippen molar-refractivity contribution in [2.24, 2.45) is 5.73 Å². The Labute approximate surface area is 85.7 Å². The summed E-state index contributed by atoms with van der Waals surface area (Å²) in [6, 6.07) is 9.08. The Kier molecular flexibility index (Phi) is 2.25. The zero-order chi connectivity index (χ0) is 10.8. The third-order valence-corrected chi connectivity index (χ3v) is 2.20. The molecule has 4 nitrogen and oxygen atoms in total. The second-order valence-electron chi connectivity index (χ2n) is 3.35. The van der Waals surface area contributed by atoms with Gasteiger partial charge in [-0.15, -0.1) is 0 Å². The fourth-order valence-corrected chi connectivity index (χ4v) is 1.51. The summed E-state index contributed by atoms with van der Waals surface area (Å²) in [4.78, 5) is 24.9. The van der Waals surface area contributed by atoms with E-state index in [1.165, 1.54) is 0 Å². The van der Waals surface area contributed by atoms with E-state index in [0.717, 1.165) is 10.9 Å². The first-order valence-electron chi connectivity index (χ1n) is 4.56. The minimum absolute atomic E-state index is 0.0276. The van der Waals surface area contributed by atoms with Crippen LogP contribution in [0.3, 0.4) is 0 Å². The predicted octanol–water partition coefficient (Wildman–Crippen LogP) is 0.556. The highest BCUT2D eigenvalue weighted by Gasteiger charge is 2.04. The molecule has 0 saturated carbocycles. The smallest absolute Gasteiger partial charge is 0.252 e. The standard InChI is InChI=1S/C11H10N2O2/c12-10(14)6-8-5-7-3-1-2-4-9(7)13-11(8)15/h1-5H,6H2,(H2,12,14)(H,13,15). The number of benzene rings is 1. The lowest BCUT2D eigenvalue weighted by atomic mass is 10.1. The number of aromatic amines is 1. The van der Waals surface area contributed by atoms with E-state index in [9.17, 15) is 9.59 Å².